The number of rotatable bonds is 5. The molecule has 7 heteroatoms. The van der Waals surface area contributed by atoms with E-state index in [4.69, 9.17) is 16.7 Å². The van der Waals surface area contributed by atoms with Gasteiger partial charge in [0.1, 0.15) is 17.3 Å². The number of carbonyl (C=O) groups is 2. The lowest BCUT2D eigenvalue weighted by Gasteiger charge is -2.12. The van der Waals surface area contributed by atoms with Crippen LogP contribution >= 0.6 is 11.6 Å². The van der Waals surface area contributed by atoms with Gasteiger partial charge in [0.2, 0.25) is 0 Å². The number of para-hydroxylation sites is 1. The molecule has 1 heterocycles. The molecule has 0 amide bonds. The first kappa shape index (κ1) is 18.4. The maximum absolute atomic E-state index is 12.4. The lowest BCUT2D eigenvalue weighted by molar-refractivity contribution is -0.136. The van der Waals surface area contributed by atoms with Crippen molar-refractivity contribution in [2.75, 3.05) is 0 Å². The second-order valence-electron chi connectivity index (χ2n) is 5.79. The summed E-state index contributed by atoms with van der Waals surface area (Å²) in [6, 6.07) is 14.0. The Morgan fingerprint density at radius 3 is 2.44 bits per heavy atom. The van der Waals surface area contributed by atoms with Gasteiger partial charge in [0, 0.05) is 28.0 Å². The third kappa shape index (κ3) is 3.46. The largest absolute Gasteiger partial charge is 0.504 e. The molecule has 0 fully saturated rings. The zero-order chi connectivity index (χ0) is 19.6. The highest BCUT2D eigenvalue weighted by atomic mass is 35.5. The normalized spacial score (nSPS) is 10.5. The molecular weight excluding hydrogens is 368 g/mol. The molecule has 0 spiro atoms. The van der Waals surface area contributed by atoms with Crippen molar-refractivity contribution in [1.29, 1.82) is 5.26 Å². The molecule has 6 nitrogen and oxygen atoms in total. The van der Waals surface area contributed by atoms with Crippen molar-refractivity contribution in [2.24, 2.45) is 0 Å². The standard InChI is InChI=1S/C20H13ClN2O4/c21-15-7-2-1-4-11(15)12-5-3-6-13-14(10-22)20(27)19(23-18(12)13)16(24)8-9-17(25)26/h1-7,27H,8-9H2,(H,25,26). The number of aromatic hydroxyl groups is 1. The van der Waals surface area contributed by atoms with E-state index in [1.54, 1.807) is 42.5 Å². The van der Waals surface area contributed by atoms with Gasteiger partial charge >= 0.3 is 5.97 Å². The van der Waals surface area contributed by atoms with Crippen molar-refractivity contribution < 1.29 is 19.8 Å². The fourth-order valence-electron chi connectivity index (χ4n) is 2.82. The second kappa shape index (κ2) is 7.44. The fraction of sp³-hybridized carbons (Fsp3) is 0.100. The molecule has 0 aliphatic heterocycles. The van der Waals surface area contributed by atoms with Crippen LogP contribution in [-0.2, 0) is 4.79 Å². The van der Waals surface area contributed by atoms with Gasteiger partial charge in [0.05, 0.1) is 11.9 Å². The molecular formula is C20H13ClN2O4. The van der Waals surface area contributed by atoms with Crippen molar-refractivity contribution in [3.8, 4) is 22.9 Å². The molecule has 3 aromatic rings. The lowest BCUT2D eigenvalue weighted by atomic mass is 9.97. The van der Waals surface area contributed by atoms with Gasteiger partial charge in [-0.05, 0) is 6.07 Å². The number of carboxylic acid groups (broad SMARTS) is 1. The van der Waals surface area contributed by atoms with Crippen LogP contribution in [0.3, 0.4) is 0 Å². The van der Waals surface area contributed by atoms with Crippen LogP contribution in [-0.4, -0.2) is 26.9 Å². The van der Waals surface area contributed by atoms with E-state index in [-0.39, 0.29) is 17.7 Å². The summed E-state index contributed by atoms with van der Waals surface area (Å²) in [6.45, 7) is 0. The van der Waals surface area contributed by atoms with E-state index in [9.17, 15) is 20.0 Å². The van der Waals surface area contributed by atoms with Crippen LogP contribution < -0.4 is 0 Å². The Balaban J connectivity index is 2.28. The maximum atomic E-state index is 12.4. The van der Waals surface area contributed by atoms with Gasteiger partial charge in [0.25, 0.3) is 0 Å². The molecule has 2 aromatic carbocycles. The quantitative estimate of drug-likeness (QED) is 0.642. The van der Waals surface area contributed by atoms with Crippen molar-refractivity contribution in [3.05, 3.63) is 58.7 Å². The zero-order valence-electron chi connectivity index (χ0n) is 13.9. The number of nitrogens with zero attached hydrogens (tertiary/aromatic N) is 2. The number of pyridine rings is 1. The average Bonchev–Trinajstić information content (AvgIpc) is 2.65. The lowest BCUT2D eigenvalue weighted by Crippen LogP contribution is -2.08. The summed E-state index contributed by atoms with van der Waals surface area (Å²) in [5.41, 5.74) is 1.18. The number of carboxylic acids is 1. The fourth-order valence-corrected chi connectivity index (χ4v) is 3.06. The van der Waals surface area contributed by atoms with Gasteiger partial charge in [-0.15, -0.1) is 0 Å². The maximum Gasteiger partial charge on any atom is 0.303 e. The van der Waals surface area contributed by atoms with E-state index in [1.165, 1.54) is 0 Å². The molecule has 0 radical (unpaired) electrons. The SMILES string of the molecule is N#Cc1c(O)c(C(=O)CCC(=O)O)nc2c(-c3ccccc3Cl)cccc12. The molecule has 0 unspecified atom stereocenters. The molecule has 3 rings (SSSR count). The summed E-state index contributed by atoms with van der Waals surface area (Å²) in [5.74, 6) is -2.33. The molecule has 2 N–H and O–H groups in total. The predicted molar refractivity (Wildman–Crippen MR) is 99.8 cm³/mol. The van der Waals surface area contributed by atoms with Crippen molar-refractivity contribution in [1.82, 2.24) is 4.98 Å². The van der Waals surface area contributed by atoms with E-state index in [2.05, 4.69) is 4.98 Å². The van der Waals surface area contributed by atoms with E-state index in [1.807, 2.05) is 6.07 Å². The molecule has 0 atom stereocenters. The van der Waals surface area contributed by atoms with Crippen LogP contribution in [0.15, 0.2) is 42.5 Å². The Bertz CT molecular complexity index is 1120. The minimum atomic E-state index is -1.14. The number of hydrogen-bond acceptors (Lipinski definition) is 5. The van der Waals surface area contributed by atoms with Crippen LogP contribution in [0.1, 0.15) is 28.9 Å². The highest BCUT2D eigenvalue weighted by molar-refractivity contribution is 6.33. The minimum Gasteiger partial charge on any atom is -0.504 e. The first-order valence-corrected chi connectivity index (χ1v) is 8.37. The Morgan fingerprint density at radius 2 is 1.78 bits per heavy atom. The number of aliphatic carboxylic acids is 1. The molecule has 27 heavy (non-hydrogen) atoms. The molecule has 0 saturated carbocycles. The number of carbonyl (C=O) groups excluding carboxylic acids is 1. The third-order valence-corrected chi connectivity index (χ3v) is 4.43. The van der Waals surface area contributed by atoms with Crippen LogP contribution in [0.25, 0.3) is 22.0 Å². The van der Waals surface area contributed by atoms with Gasteiger partial charge < -0.3 is 10.2 Å². The van der Waals surface area contributed by atoms with E-state index < -0.39 is 23.9 Å². The van der Waals surface area contributed by atoms with Gasteiger partial charge in [-0.1, -0.05) is 48.0 Å². The Morgan fingerprint density at radius 1 is 1.07 bits per heavy atom. The Labute approximate surface area is 159 Å². The molecule has 134 valence electrons. The molecule has 0 saturated heterocycles. The van der Waals surface area contributed by atoms with Gasteiger partial charge in [-0.3, -0.25) is 9.59 Å². The van der Waals surface area contributed by atoms with Gasteiger partial charge in [-0.2, -0.15) is 5.26 Å². The van der Waals surface area contributed by atoms with E-state index in [0.29, 0.717) is 27.1 Å². The number of ketones is 1. The minimum absolute atomic E-state index is 0.0902. The van der Waals surface area contributed by atoms with E-state index in [0.717, 1.165) is 0 Å². The van der Waals surface area contributed by atoms with Crippen molar-refractivity contribution in [2.45, 2.75) is 12.8 Å². The Hall–Kier alpha value is -3.43. The number of Topliss-reactive ketones (excluding diaryl/α,β-unsaturated/α-hetero) is 1. The van der Waals surface area contributed by atoms with Crippen LogP contribution in [0.2, 0.25) is 5.02 Å². The summed E-state index contributed by atoms with van der Waals surface area (Å²) >= 11 is 6.28. The zero-order valence-corrected chi connectivity index (χ0v) is 14.7. The number of fused-ring (bicyclic) bond motifs is 1. The van der Waals surface area contributed by atoms with Gasteiger partial charge in [-0.25, -0.2) is 4.98 Å². The number of benzene rings is 2. The first-order valence-electron chi connectivity index (χ1n) is 7.99. The average molecular weight is 381 g/mol. The number of halogens is 1. The summed E-state index contributed by atoms with van der Waals surface area (Å²) in [4.78, 5) is 27.4. The third-order valence-electron chi connectivity index (χ3n) is 4.10. The second-order valence-corrected chi connectivity index (χ2v) is 6.20. The number of hydrogen-bond donors (Lipinski definition) is 2. The van der Waals surface area contributed by atoms with Crippen LogP contribution in [0.4, 0.5) is 0 Å². The summed E-state index contributed by atoms with van der Waals surface area (Å²) < 4.78 is 0. The summed E-state index contributed by atoms with van der Waals surface area (Å²) in [6.07, 6.45) is -0.730. The number of nitriles is 1. The van der Waals surface area contributed by atoms with Crippen LogP contribution in [0, 0.1) is 11.3 Å². The Kier molecular flexibility index (Phi) is 5.06. The predicted octanol–water partition coefficient (Wildman–Crippen LogP) is 4.18. The summed E-state index contributed by atoms with van der Waals surface area (Å²) in [7, 11) is 0. The first-order chi connectivity index (χ1) is 12.9. The van der Waals surface area contributed by atoms with Crippen molar-refractivity contribution >= 4 is 34.3 Å². The highest BCUT2D eigenvalue weighted by Crippen LogP contribution is 2.37. The highest BCUT2D eigenvalue weighted by Gasteiger charge is 2.22. The molecule has 1 aromatic heterocycles. The van der Waals surface area contributed by atoms with E-state index >= 15 is 0 Å². The smallest absolute Gasteiger partial charge is 0.303 e. The molecule has 0 aliphatic rings. The summed E-state index contributed by atoms with van der Waals surface area (Å²) in [5, 5.41) is 29.5. The molecule has 0 bridgehead atoms. The molecule has 0 aliphatic carbocycles. The monoisotopic (exact) mass is 380 g/mol. The van der Waals surface area contributed by atoms with Crippen molar-refractivity contribution in [3.63, 3.8) is 0 Å². The van der Waals surface area contributed by atoms with Crippen LogP contribution in [0.5, 0.6) is 5.75 Å². The number of aromatic nitrogens is 1. The topological polar surface area (TPSA) is 111 Å². The van der Waals surface area contributed by atoms with Gasteiger partial charge in [0.15, 0.2) is 11.5 Å².